The van der Waals surface area contributed by atoms with Gasteiger partial charge in [0, 0.05) is 0 Å². The molecule has 0 heterocycles. The van der Waals surface area contributed by atoms with Gasteiger partial charge in [-0.25, -0.2) is 8.78 Å². The van der Waals surface area contributed by atoms with E-state index in [1.54, 1.807) is 31.2 Å². The summed E-state index contributed by atoms with van der Waals surface area (Å²) in [6, 6.07) is 9.41. The van der Waals surface area contributed by atoms with E-state index in [-0.39, 0.29) is 15.7 Å². The lowest BCUT2D eigenvalue weighted by Gasteiger charge is -2.13. The summed E-state index contributed by atoms with van der Waals surface area (Å²) < 4.78 is 26.6. The Morgan fingerprint density at radius 2 is 1.83 bits per heavy atom. The normalized spacial score (nSPS) is 12.5. The van der Waals surface area contributed by atoms with Gasteiger partial charge in [-0.1, -0.05) is 51.8 Å². The fourth-order valence-corrected chi connectivity index (χ4v) is 2.75. The van der Waals surface area contributed by atoms with E-state index in [9.17, 15) is 8.78 Å². The average Bonchev–Trinajstić information content (AvgIpc) is 2.35. The van der Waals surface area contributed by atoms with Crippen molar-refractivity contribution in [2.75, 3.05) is 0 Å². The van der Waals surface area contributed by atoms with Gasteiger partial charge >= 0.3 is 0 Å². The molecule has 0 amide bonds. The highest BCUT2D eigenvalue weighted by Crippen LogP contribution is 2.36. The van der Waals surface area contributed by atoms with Crippen LogP contribution in [0.1, 0.15) is 21.5 Å². The van der Waals surface area contributed by atoms with Crippen molar-refractivity contribution in [1.29, 1.82) is 0 Å². The molecule has 1 unspecified atom stereocenters. The zero-order valence-corrected chi connectivity index (χ0v) is 11.9. The standard InChI is InChI=1S/C14H10BrClF2/c1-8-7-9(5-6-11(8)17)13(15)10-3-2-4-12(18)14(10)16/h2-7,13H,1H3. The number of hydrogen-bond donors (Lipinski definition) is 0. The van der Waals surface area contributed by atoms with Crippen molar-refractivity contribution in [1.82, 2.24) is 0 Å². The minimum absolute atomic E-state index is 0.0846. The van der Waals surface area contributed by atoms with Crippen molar-refractivity contribution in [2.45, 2.75) is 11.8 Å². The van der Waals surface area contributed by atoms with Gasteiger partial charge in [-0.15, -0.1) is 0 Å². The zero-order valence-electron chi connectivity index (χ0n) is 9.55. The Morgan fingerprint density at radius 3 is 2.50 bits per heavy atom. The van der Waals surface area contributed by atoms with Crippen LogP contribution < -0.4 is 0 Å². The molecule has 0 radical (unpaired) electrons. The second-order valence-corrected chi connectivity index (χ2v) is 5.31. The van der Waals surface area contributed by atoms with Crippen LogP contribution in [0, 0.1) is 18.6 Å². The first-order chi connectivity index (χ1) is 8.50. The molecule has 2 rings (SSSR count). The van der Waals surface area contributed by atoms with E-state index in [1.807, 2.05) is 0 Å². The lowest BCUT2D eigenvalue weighted by molar-refractivity contribution is 0.617. The summed E-state index contributed by atoms with van der Waals surface area (Å²) in [4.78, 5) is -0.264. The number of halogens is 4. The molecule has 94 valence electrons. The Kier molecular flexibility index (Phi) is 4.03. The van der Waals surface area contributed by atoms with E-state index in [0.717, 1.165) is 5.56 Å². The third-order valence-corrected chi connectivity index (χ3v) is 4.15. The summed E-state index contributed by atoms with van der Waals surface area (Å²) in [5, 5.41) is 0.0846. The van der Waals surface area contributed by atoms with Crippen LogP contribution in [0.2, 0.25) is 5.02 Å². The molecule has 2 aromatic rings. The van der Waals surface area contributed by atoms with Crippen molar-refractivity contribution in [3.63, 3.8) is 0 Å². The molecule has 0 aliphatic heterocycles. The Balaban J connectivity index is 2.44. The van der Waals surface area contributed by atoms with Gasteiger partial charge in [0.15, 0.2) is 0 Å². The van der Waals surface area contributed by atoms with Crippen LogP contribution in [-0.4, -0.2) is 0 Å². The van der Waals surface area contributed by atoms with Crippen LogP contribution in [0.3, 0.4) is 0 Å². The lowest BCUT2D eigenvalue weighted by atomic mass is 10.0. The summed E-state index contributed by atoms with van der Waals surface area (Å²) in [7, 11) is 0. The summed E-state index contributed by atoms with van der Waals surface area (Å²) >= 11 is 9.39. The average molecular weight is 332 g/mol. The summed E-state index contributed by atoms with van der Waals surface area (Å²) in [5.74, 6) is -0.721. The molecule has 0 N–H and O–H groups in total. The summed E-state index contributed by atoms with van der Waals surface area (Å²) in [6.45, 7) is 1.69. The van der Waals surface area contributed by atoms with Gasteiger partial charge in [0.05, 0.1) is 9.85 Å². The fourth-order valence-electron chi connectivity index (χ4n) is 1.72. The van der Waals surface area contributed by atoms with Gasteiger partial charge in [-0.05, 0) is 35.7 Å². The number of alkyl halides is 1. The maximum absolute atomic E-state index is 13.4. The van der Waals surface area contributed by atoms with Crippen molar-refractivity contribution < 1.29 is 8.78 Å². The van der Waals surface area contributed by atoms with Crippen LogP contribution in [-0.2, 0) is 0 Å². The van der Waals surface area contributed by atoms with E-state index in [4.69, 9.17) is 11.6 Å². The molecule has 0 aliphatic carbocycles. The Morgan fingerprint density at radius 1 is 1.11 bits per heavy atom. The second-order valence-electron chi connectivity index (χ2n) is 4.01. The van der Waals surface area contributed by atoms with Crippen LogP contribution >= 0.6 is 27.5 Å². The number of benzene rings is 2. The van der Waals surface area contributed by atoms with Crippen LogP contribution in [0.25, 0.3) is 0 Å². The van der Waals surface area contributed by atoms with Gasteiger partial charge in [0.25, 0.3) is 0 Å². The maximum Gasteiger partial charge on any atom is 0.142 e. The van der Waals surface area contributed by atoms with Crippen LogP contribution in [0.5, 0.6) is 0 Å². The van der Waals surface area contributed by atoms with Crippen molar-refractivity contribution in [3.8, 4) is 0 Å². The number of rotatable bonds is 2. The van der Waals surface area contributed by atoms with Gasteiger partial charge in [-0.2, -0.15) is 0 Å². The molecule has 0 aromatic heterocycles. The third kappa shape index (κ3) is 2.57. The molecule has 0 bridgehead atoms. The predicted octanol–water partition coefficient (Wildman–Crippen LogP) is 5.41. The molecule has 2 aromatic carbocycles. The Bertz CT molecular complexity index is 584. The van der Waals surface area contributed by atoms with Gasteiger partial charge in [-0.3, -0.25) is 0 Å². The molecule has 18 heavy (non-hydrogen) atoms. The van der Waals surface area contributed by atoms with Crippen LogP contribution in [0.15, 0.2) is 36.4 Å². The van der Waals surface area contributed by atoms with E-state index in [0.29, 0.717) is 11.1 Å². The number of aryl methyl sites for hydroxylation is 1. The first-order valence-corrected chi connectivity index (χ1v) is 6.64. The fraction of sp³-hybridized carbons (Fsp3) is 0.143. The van der Waals surface area contributed by atoms with Crippen molar-refractivity contribution in [3.05, 3.63) is 69.7 Å². The van der Waals surface area contributed by atoms with Crippen LogP contribution in [0.4, 0.5) is 8.78 Å². The number of hydrogen-bond acceptors (Lipinski definition) is 0. The highest BCUT2D eigenvalue weighted by atomic mass is 79.9. The molecule has 0 spiro atoms. The summed E-state index contributed by atoms with van der Waals surface area (Å²) in [6.07, 6.45) is 0. The first-order valence-electron chi connectivity index (χ1n) is 5.34. The van der Waals surface area contributed by atoms with Gasteiger partial charge < -0.3 is 0 Å². The Labute approximate surface area is 118 Å². The van der Waals surface area contributed by atoms with E-state index in [2.05, 4.69) is 15.9 Å². The molecule has 4 heteroatoms. The van der Waals surface area contributed by atoms with E-state index < -0.39 is 5.82 Å². The molecule has 0 saturated carbocycles. The molecule has 0 aliphatic rings. The second kappa shape index (κ2) is 5.37. The highest BCUT2D eigenvalue weighted by Gasteiger charge is 2.16. The third-order valence-electron chi connectivity index (χ3n) is 2.73. The minimum Gasteiger partial charge on any atom is -0.207 e. The lowest BCUT2D eigenvalue weighted by Crippen LogP contribution is -1.97. The molecular formula is C14H10BrClF2. The van der Waals surface area contributed by atoms with Crippen molar-refractivity contribution in [2.24, 2.45) is 0 Å². The largest absolute Gasteiger partial charge is 0.207 e. The first kappa shape index (κ1) is 13.5. The summed E-state index contributed by atoms with van der Waals surface area (Å²) in [5.41, 5.74) is 2.01. The molecular weight excluding hydrogens is 322 g/mol. The van der Waals surface area contributed by atoms with E-state index in [1.165, 1.54) is 12.1 Å². The van der Waals surface area contributed by atoms with Gasteiger partial charge in [0.1, 0.15) is 11.6 Å². The molecule has 1 atom stereocenters. The Hall–Kier alpha value is -0.930. The molecule has 0 nitrogen and oxygen atoms in total. The predicted molar refractivity (Wildman–Crippen MR) is 73.3 cm³/mol. The molecule has 0 fully saturated rings. The SMILES string of the molecule is Cc1cc(C(Br)c2cccc(F)c2Cl)ccc1F. The molecule has 0 saturated heterocycles. The quantitative estimate of drug-likeness (QED) is 0.645. The topological polar surface area (TPSA) is 0 Å². The van der Waals surface area contributed by atoms with E-state index >= 15 is 0 Å². The monoisotopic (exact) mass is 330 g/mol. The maximum atomic E-state index is 13.4. The highest BCUT2D eigenvalue weighted by molar-refractivity contribution is 9.09. The smallest absolute Gasteiger partial charge is 0.142 e. The van der Waals surface area contributed by atoms with Gasteiger partial charge in [0.2, 0.25) is 0 Å². The minimum atomic E-state index is -0.461. The van der Waals surface area contributed by atoms with Crippen molar-refractivity contribution >= 4 is 27.5 Å². The zero-order chi connectivity index (χ0) is 13.3.